The number of Topliss-reactive ketones (excluding diaryl/α,β-unsaturated/α-hetero) is 1. The van der Waals surface area contributed by atoms with E-state index in [4.69, 9.17) is 20.2 Å². The molecule has 63 heavy (non-hydrogen) atoms. The Morgan fingerprint density at radius 3 is 2.25 bits per heavy atom. The van der Waals surface area contributed by atoms with Gasteiger partial charge in [0.1, 0.15) is 30.2 Å². The molecule has 2 aromatic heterocycles. The lowest BCUT2D eigenvalue weighted by atomic mass is 10.0. The molecule has 0 aliphatic heterocycles. The first-order chi connectivity index (χ1) is 30.2. The highest BCUT2D eigenvalue weighted by molar-refractivity contribution is 6.17. The summed E-state index contributed by atoms with van der Waals surface area (Å²) in [7, 11) is 1.59. The first kappa shape index (κ1) is 45.2. The summed E-state index contributed by atoms with van der Waals surface area (Å²) in [5.41, 5.74) is 8.96. The van der Waals surface area contributed by atoms with Gasteiger partial charge in [-0.2, -0.15) is 0 Å². The van der Waals surface area contributed by atoms with Crippen molar-refractivity contribution in [1.29, 1.82) is 0 Å². The van der Waals surface area contributed by atoms with Crippen LogP contribution in [0.5, 0.6) is 5.75 Å². The number of hydrogen-bond donors (Lipinski definition) is 5. The van der Waals surface area contributed by atoms with Gasteiger partial charge in [-0.25, -0.2) is 14.2 Å². The summed E-state index contributed by atoms with van der Waals surface area (Å²) in [5.74, 6) is -1.53. The van der Waals surface area contributed by atoms with Crippen molar-refractivity contribution in [2.45, 2.75) is 72.1 Å². The molecule has 2 heterocycles. The van der Waals surface area contributed by atoms with Crippen molar-refractivity contribution in [1.82, 2.24) is 25.5 Å². The molecular weight excluding hydrogens is 803 g/mol. The van der Waals surface area contributed by atoms with E-state index in [1.54, 1.807) is 75.9 Å². The maximum Gasteiger partial charge on any atom is 0.419 e. The van der Waals surface area contributed by atoms with Crippen LogP contribution in [0.2, 0.25) is 0 Å². The molecule has 0 aliphatic carbocycles. The summed E-state index contributed by atoms with van der Waals surface area (Å²) in [6.45, 7) is 7.11. The fraction of sp³-hybridized carbons (Fsp3) is 0.312. The Hall–Kier alpha value is -7.29. The fourth-order valence-corrected chi connectivity index (χ4v) is 7.37. The van der Waals surface area contributed by atoms with Crippen LogP contribution in [0.15, 0.2) is 97.2 Å². The number of urea groups is 1. The number of nitrogens with two attached hydrogens (primary N) is 1. The van der Waals surface area contributed by atoms with E-state index < -0.39 is 41.9 Å². The third-order valence-corrected chi connectivity index (χ3v) is 10.8. The van der Waals surface area contributed by atoms with Crippen molar-refractivity contribution in [3.63, 3.8) is 0 Å². The molecule has 15 nitrogen and oxygen atoms in total. The van der Waals surface area contributed by atoms with Gasteiger partial charge in [0.25, 0.3) is 0 Å². The number of carbonyl (C=O) groups excluding carboxylic acids is 6. The van der Waals surface area contributed by atoms with E-state index in [0.29, 0.717) is 40.1 Å². The van der Waals surface area contributed by atoms with Crippen molar-refractivity contribution in [3.8, 4) is 17.0 Å². The molecule has 4 aromatic carbocycles. The van der Waals surface area contributed by atoms with Crippen molar-refractivity contribution in [2.24, 2.45) is 17.6 Å². The molecule has 6 aromatic rings. The molecule has 0 saturated carbocycles. The number of primary amides is 1. The Balaban J connectivity index is 1.18. The van der Waals surface area contributed by atoms with Crippen LogP contribution in [0.3, 0.4) is 0 Å². The van der Waals surface area contributed by atoms with Crippen LogP contribution in [-0.2, 0) is 30.5 Å². The van der Waals surface area contributed by atoms with E-state index >= 15 is 0 Å². The van der Waals surface area contributed by atoms with Gasteiger partial charge in [0.2, 0.25) is 17.7 Å². The molecule has 0 aliphatic rings. The van der Waals surface area contributed by atoms with Crippen LogP contribution in [0.4, 0.5) is 15.3 Å². The van der Waals surface area contributed by atoms with Crippen LogP contribution in [0.25, 0.3) is 43.8 Å². The molecule has 5 amide bonds. The highest BCUT2D eigenvalue weighted by Crippen LogP contribution is 2.38. The van der Waals surface area contributed by atoms with Gasteiger partial charge in [-0.3, -0.25) is 24.2 Å². The Labute approximate surface area is 365 Å². The molecule has 0 saturated heterocycles. The number of nitrogens with zero attached hydrogens (tertiary/aromatic N) is 2. The Kier molecular flexibility index (Phi) is 14.7. The van der Waals surface area contributed by atoms with Crippen LogP contribution in [-0.4, -0.2) is 70.9 Å². The predicted octanol–water partition coefficient (Wildman–Crippen LogP) is 7.22. The number of carbonyl (C=O) groups is 6. The molecule has 6 rings (SSSR count). The lowest BCUT2D eigenvalue weighted by Crippen LogP contribution is -2.54. The first-order valence-electron chi connectivity index (χ1n) is 20.9. The standard InChI is InChI=1S/C48H53N7O8/c1-28(2)40(56)21-22-41(57)54-42(29(3)4)46(59)53-38(14-9-24-51-47(49)60)45(58)52-32-17-15-30(16-18-32)27-63-48(61)55-39-20-19-33(62-5)26-37(39)36-23-25-50-43(44(36)55)35-13-8-11-31-10-6-7-12-34(31)35/h6-8,10-13,15-20,23,25-26,28-29,38,42H,9,14,21-22,24,27H2,1-5H3,(H,52,58)(H,53,59)(H,54,57)(H3,49,51,60)/t38-,42-/m0/s1. The highest BCUT2D eigenvalue weighted by atomic mass is 16.5. The number of fused-ring (bicyclic) bond motifs is 4. The van der Waals surface area contributed by atoms with Crippen molar-refractivity contribution in [3.05, 3.63) is 103 Å². The van der Waals surface area contributed by atoms with Crippen molar-refractivity contribution < 1.29 is 38.2 Å². The number of benzene rings is 4. The largest absolute Gasteiger partial charge is 0.497 e. The molecule has 0 unspecified atom stereocenters. The van der Waals surface area contributed by atoms with E-state index in [1.165, 1.54) is 0 Å². The average molecular weight is 856 g/mol. The Morgan fingerprint density at radius 2 is 1.54 bits per heavy atom. The van der Waals surface area contributed by atoms with Crippen molar-refractivity contribution in [2.75, 3.05) is 19.0 Å². The lowest BCUT2D eigenvalue weighted by molar-refractivity contribution is -0.132. The number of nitrogens with one attached hydrogen (secondary N) is 4. The quantitative estimate of drug-likeness (QED) is 0.0552. The van der Waals surface area contributed by atoms with Gasteiger partial charge in [0, 0.05) is 53.5 Å². The van der Waals surface area contributed by atoms with Gasteiger partial charge in [-0.15, -0.1) is 0 Å². The first-order valence-corrected chi connectivity index (χ1v) is 20.9. The zero-order chi connectivity index (χ0) is 45.2. The van der Waals surface area contributed by atoms with E-state index in [1.807, 2.05) is 60.7 Å². The summed E-state index contributed by atoms with van der Waals surface area (Å²) in [6.07, 6.45) is 1.55. The number of methoxy groups -OCH3 is 1. The third kappa shape index (κ3) is 11.0. The maximum atomic E-state index is 14.2. The van der Waals surface area contributed by atoms with E-state index in [2.05, 4.69) is 21.3 Å². The highest BCUT2D eigenvalue weighted by Gasteiger charge is 2.29. The SMILES string of the molecule is COc1ccc2c(c1)c1ccnc(-c3cccc4ccccc34)c1n2C(=O)OCc1ccc(NC(=O)[C@H](CCCNC(N)=O)NC(=O)[C@@H](NC(=O)CCC(=O)C(C)C)C(C)C)cc1. The number of hydrogen-bond acceptors (Lipinski definition) is 9. The lowest BCUT2D eigenvalue weighted by Gasteiger charge is -2.25. The second-order valence-electron chi connectivity index (χ2n) is 15.9. The minimum Gasteiger partial charge on any atom is -0.497 e. The molecule has 0 bridgehead atoms. The normalized spacial score (nSPS) is 12.2. The van der Waals surface area contributed by atoms with Gasteiger partial charge in [-0.1, -0.05) is 82.3 Å². The average Bonchev–Trinajstić information content (AvgIpc) is 3.61. The van der Waals surface area contributed by atoms with E-state index in [0.717, 1.165) is 27.1 Å². The van der Waals surface area contributed by atoms with Crippen LogP contribution in [0.1, 0.15) is 58.9 Å². The molecule has 0 radical (unpaired) electrons. The topological polar surface area (TPSA) is 213 Å². The second-order valence-corrected chi connectivity index (χ2v) is 15.9. The van der Waals surface area contributed by atoms with Crippen LogP contribution < -0.4 is 31.7 Å². The molecule has 0 fully saturated rings. The van der Waals surface area contributed by atoms with Crippen LogP contribution >= 0.6 is 0 Å². The molecule has 15 heteroatoms. The molecular formula is C48H53N7O8. The summed E-state index contributed by atoms with van der Waals surface area (Å²) >= 11 is 0. The van der Waals surface area contributed by atoms with Gasteiger partial charge in [0.15, 0.2) is 0 Å². The number of ketones is 1. The number of rotatable bonds is 18. The number of pyridine rings is 1. The molecule has 6 N–H and O–H groups in total. The minimum atomic E-state index is -1.05. The van der Waals surface area contributed by atoms with Gasteiger partial charge in [0.05, 0.1) is 23.8 Å². The molecule has 328 valence electrons. The van der Waals surface area contributed by atoms with Gasteiger partial charge < -0.3 is 36.5 Å². The maximum absolute atomic E-state index is 14.2. The van der Waals surface area contributed by atoms with Gasteiger partial charge in [-0.05, 0) is 71.5 Å². The predicted molar refractivity (Wildman–Crippen MR) is 242 cm³/mol. The second kappa shape index (κ2) is 20.5. The number of anilines is 1. The Bertz CT molecular complexity index is 2650. The van der Waals surface area contributed by atoms with E-state index in [-0.39, 0.29) is 50.0 Å². The minimum absolute atomic E-state index is 0.0533. The van der Waals surface area contributed by atoms with E-state index in [9.17, 15) is 28.8 Å². The monoisotopic (exact) mass is 855 g/mol. The zero-order valence-corrected chi connectivity index (χ0v) is 36.0. The third-order valence-electron chi connectivity index (χ3n) is 10.8. The Morgan fingerprint density at radius 1 is 0.794 bits per heavy atom. The van der Waals surface area contributed by atoms with Gasteiger partial charge >= 0.3 is 12.1 Å². The fourth-order valence-electron chi connectivity index (χ4n) is 7.37. The number of ether oxygens (including phenoxy) is 2. The molecule has 0 spiro atoms. The summed E-state index contributed by atoms with van der Waals surface area (Å²) in [6, 6.07) is 25.3. The van der Waals surface area contributed by atoms with Crippen molar-refractivity contribution >= 4 is 73.9 Å². The summed E-state index contributed by atoms with van der Waals surface area (Å²) < 4.78 is 13.0. The molecule has 2 atom stereocenters. The van der Waals surface area contributed by atoms with Crippen LogP contribution in [0, 0.1) is 11.8 Å². The summed E-state index contributed by atoms with van der Waals surface area (Å²) in [4.78, 5) is 82.2. The zero-order valence-electron chi connectivity index (χ0n) is 36.0. The number of amides is 5. The smallest absolute Gasteiger partial charge is 0.419 e. The number of aromatic nitrogens is 2. The summed E-state index contributed by atoms with van der Waals surface area (Å²) in [5, 5.41) is 14.4.